The number of hydrogen-bond donors (Lipinski definition) is 2. The van der Waals surface area contributed by atoms with Crippen LogP contribution >= 0.6 is 23.2 Å². The van der Waals surface area contributed by atoms with Crippen LogP contribution in [0, 0.1) is 6.92 Å². The Morgan fingerprint density at radius 3 is 2.76 bits per heavy atom. The number of aromatic nitrogens is 1. The molecule has 1 aromatic carbocycles. The van der Waals surface area contributed by atoms with Crippen LogP contribution in [0.1, 0.15) is 18.1 Å². The molecule has 1 heterocycles. The molecule has 0 spiro atoms. The SMILES string of the molecule is CCOc1cccc(CNc2c(C)cc(Cl)nc2Cl)c1O. The van der Waals surface area contributed by atoms with Gasteiger partial charge in [-0.2, -0.15) is 0 Å². The smallest absolute Gasteiger partial charge is 0.162 e. The Hall–Kier alpha value is -1.65. The lowest BCUT2D eigenvalue weighted by Crippen LogP contribution is -2.04. The molecule has 2 N–H and O–H groups in total. The largest absolute Gasteiger partial charge is 0.504 e. The van der Waals surface area contributed by atoms with Gasteiger partial charge in [-0.15, -0.1) is 0 Å². The molecule has 0 unspecified atom stereocenters. The maximum absolute atomic E-state index is 10.1. The molecule has 0 aliphatic rings. The predicted octanol–water partition coefficient (Wildman–Crippen LogP) is 4.41. The van der Waals surface area contributed by atoms with Crippen LogP contribution in [0.2, 0.25) is 10.3 Å². The Balaban J connectivity index is 2.19. The highest BCUT2D eigenvalue weighted by atomic mass is 35.5. The maximum Gasteiger partial charge on any atom is 0.162 e. The van der Waals surface area contributed by atoms with Gasteiger partial charge in [0, 0.05) is 12.1 Å². The van der Waals surface area contributed by atoms with Gasteiger partial charge >= 0.3 is 0 Å². The third-order valence-electron chi connectivity index (χ3n) is 2.98. The van der Waals surface area contributed by atoms with Gasteiger partial charge < -0.3 is 15.2 Å². The van der Waals surface area contributed by atoms with Crippen molar-refractivity contribution in [3.8, 4) is 11.5 Å². The summed E-state index contributed by atoms with van der Waals surface area (Å²) in [5, 5.41) is 14.0. The average molecular weight is 327 g/mol. The number of nitrogens with zero attached hydrogens (tertiary/aromatic N) is 1. The molecular weight excluding hydrogens is 311 g/mol. The van der Waals surface area contributed by atoms with Gasteiger partial charge in [0.15, 0.2) is 16.7 Å². The van der Waals surface area contributed by atoms with E-state index in [1.807, 2.05) is 26.0 Å². The zero-order valence-electron chi connectivity index (χ0n) is 11.8. The first kappa shape index (κ1) is 15.7. The topological polar surface area (TPSA) is 54.4 Å². The third kappa shape index (κ3) is 3.71. The summed E-state index contributed by atoms with van der Waals surface area (Å²) in [5.74, 6) is 0.594. The summed E-state index contributed by atoms with van der Waals surface area (Å²) in [6.45, 7) is 4.65. The minimum absolute atomic E-state index is 0.127. The fourth-order valence-corrected chi connectivity index (χ4v) is 2.57. The van der Waals surface area contributed by atoms with Gasteiger partial charge in [0.05, 0.1) is 12.3 Å². The van der Waals surface area contributed by atoms with Crippen molar-refractivity contribution in [1.82, 2.24) is 4.98 Å². The molecule has 21 heavy (non-hydrogen) atoms. The minimum atomic E-state index is 0.127. The Kier molecular flexibility index (Phi) is 5.15. The molecule has 6 heteroatoms. The maximum atomic E-state index is 10.1. The van der Waals surface area contributed by atoms with Crippen LogP contribution in [0.4, 0.5) is 5.69 Å². The number of hydrogen-bond acceptors (Lipinski definition) is 4. The van der Waals surface area contributed by atoms with E-state index >= 15 is 0 Å². The monoisotopic (exact) mass is 326 g/mol. The first-order chi connectivity index (χ1) is 10.0. The van der Waals surface area contributed by atoms with E-state index in [1.165, 1.54) is 0 Å². The third-order valence-corrected chi connectivity index (χ3v) is 3.45. The lowest BCUT2D eigenvalue weighted by atomic mass is 10.1. The Morgan fingerprint density at radius 2 is 2.10 bits per heavy atom. The van der Waals surface area contributed by atoms with E-state index < -0.39 is 0 Å². The number of aromatic hydroxyl groups is 1. The number of pyridine rings is 1. The van der Waals surface area contributed by atoms with E-state index in [2.05, 4.69) is 10.3 Å². The lowest BCUT2D eigenvalue weighted by Gasteiger charge is -2.14. The highest BCUT2D eigenvalue weighted by molar-refractivity contribution is 6.34. The number of aryl methyl sites for hydroxylation is 1. The van der Waals surface area contributed by atoms with Crippen LogP contribution in [0.3, 0.4) is 0 Å². The molecule has 0 saturated carbocycles. The van der Waals surface area contributed by atoms with Crippen molar-refractivity contribution < 1.29 is 9.84 Å². The molecule has 4 nitrogen and oxygen atoms in total. The number of rotatable bonds is 5. The van der Waals surface area contributed by atoms with Crippen molar-refractivity contribution >= 4 is 28.9 Å². The van der Waals surface area contributed by atoms with E-state index in [-0.39, 0.29) is 5.75 Å². The molecule has 0 bridgehead atoms. The van der Waals surface area contributed by atoms with Gasteiger partial charge in [0.1, 0.15) is 5.15 Å². The van der Waals surface area contributed by atoms with Crippen LogP contribution in [-0.4, -0.2) is 16.7 Å². The molecule has 2 rings (SSSR count). The molecule has 0 fully saturated rings. The molecule has 2 aromatic rings. The molecule has 0 aliphatic heterocycles. The number of ether oxygens (including phenoxy) is 1. The van der Waals surface area contributed by atoms with Gasteiger partial charge in [0.25, 0.3) is 0 Å². The van der Waals surface area contributed by atoms with Gasteiger partial charge in [-0.25, -0.2) is 4.98 Å². The average Bonchev–Trinajstić information content (AvgIpc) is 2.41. The van der Waals surface area contributed by atoms with Crippen LogP contribution < -0.4 is 10.1 Å². The van der Waals surface area contributed by atoms with Crippen molar-refractivity contribution in [3.63, 3.8) is 0 Å². The van der Waals surface area contributed by atoms with Crippen LogP contribution in [0.25, 0.3) is 0 Å². The van der Waals surface area contributed by atoms with Gasteiger partial charge in [0.2, 0.25) is 0 Å². The quantitative estimate of drug-likeness (QED) is 0.799. The number of nitrogens with one attached hydrogen (secondary N) is 1. The molecule has 112 valence electrons. The second-order valence-corrected chi connectivity index (χ2v) is 5.22. The Bertz CT molecular complexity index is 625. The summed E-state index contributed by atoms with van der Waals surface area (Å²) in [6, 6.07) is 7.10. The van der Waals surface area contributed by atoms with E-state index in [4.69, 9.17) is 27.9 Å². The van der Waals surface area contributed by atoms with E-state index in [0.717, 1.165) is 5.56 Å². The highest BCUT2D eigenvalue weighted by Gasteiger charge is 2.11. The summed E-state index contributed by atoms with van der Waals surface area (Å²) in [6.07, 6.45) is 0. The van der Waals surface area contributed by atoms with Crippen LogP contribution in [0.15, 0.2) is 24.3 Å². The molecule has 0 amide bonds. The second-order valence-electron chi connectivity index (χ2n) is 4.48. The number of phenolic OH excluding ortho intramolecular Hbond substituents is 1. The fraction of sp³-hybridized carbons (Fsp3) is 0.267. The first-order valence-corrected chi connectivity index (χ1v) is 7.28. The van der Waals surface area contributed by atoms with Gasteiger partial charge in [-0.3, -0.25) is 0 Å². The fourth-order valence-electron chi connectivity index (χ4n) is 1.97. The number of benzene rings is 1. The zero-order valence-corrected chi connectivity index (χ0v) is 13.3. The van der Waals surface area contributed by atoms with Crippen molar-refractivity contribution in [2.45, 2.75) is 20.4 Å². The van der Waals surface area contributed by atoms with Gasteiger partial charge in [-0.1, -0.05) is 35.3 Å². The lowest BCUT2D eigenvalue weighted by molar-refractivity contribution is 0.317. The number of phenols is 1. The van der Waals surface area contributed by atoms with Crippen molar-refractivity contribution in [3.05, 3.63) is 45.7 Å². The summed E-state index contributed by atoms with van der Waals surface area (Å²) < 4.78 is 5.36. The molecule has 0 atom stereocenters. The van der Waals surface area contributed by atoms with E-state index in [1.54, 1.807) is 12.1 Å². The zero-order chi connectivity index (χ0) is 15.4. The Morgan fingerprint density at radius 1 is 1.33 bits per heavy atom. The summed E-state index contributed by atoms with van der Waals surface area (Å²) >= 11 is 11.9. The summed E-state index contributed by atoms with van der Waals surface area (Å²) in [4.78, 5) is 4.00. The number of halogens is 2. The Labute approximate surface area is 133 Å². The molecule has 0 saturated heterocycles. The van der Waals surface area contributed by atoms with Gasteiger partial charge in [-0.05, 0) is 31.5 Å². The van der Waals surface area contributed by atoms with Crippen molar-refractivity contribution in [2.75, 3.05) is 11.9 Å². The van der Waals surface area contributed by atoms with E-state index in [9.17, 15) is 5.11 Å². The van der Waals surface area contributed by atoms with Crippen LogP contribution in [0.5, 0.6) is 11.5 Å². The molecular formula is C15H16Cl2N2O2. The molecule has 0 radical (unpaired) electrons. The number of para-hydroxylation sites is 1. The second kappa shape index (κ2) is 6.87. The highest BCUT2D eigenvalue weighted by Crippen LogP contribution is 2.32. The molecule has 0 aliphatic carbocycles. The van der Waals surface area contributed by atoms with Crippen molar-refractivity contribution in [2.24, 2.45) is 0 Å². The van der Waals surface area contributed by atoms with Crippen LogP contribution in [-0.2, 0) is 6.54 Å². The summed E-state index contributed by atoms with van der Waals surface area (Å²) in [7, 11) is 0. The first-order valence-electron chi connectivity index (χ1n) is 6.53. The summed E-state index contributed by atoms with van der Waals surface area (Å²) in [5.41, 5.74) is 2.30. The van der Waals surface area contributed by atoms with Crippen molar-refractivity contribution in [1.29, 1.82) is 0 Å². The minimum Gasteiger partial charge on any atom is -0.504 e. The van der Waals surface area contributed by atoms with E-state index in [0.29, 0.717) is 40.5 Å². The standard InChI is InChI=1S/C15H16Cl2N2O2/c1-3-21-11-6-4-5-10(14(11)20)8-18-13-9(2)7-12(16)19-15(13)17/h4-7,18,20H,3,8H2,1-2H3. The molecule has 1 aromatic heterocycles. The predicted molar refractivity (Wildman–Crippen MR) is 85.6 cm³/mol. The number of anilines is 1. The normalized spacial score (nSPS) is 10.5.